The lowest BCUT2D eigenvalue weighted by atomic mass is 9.89. The number of carbonyl (C=O) groups excluding carboxylic acids is 2. The van der Waals surface area contributed by atoms with Gasteiger partial charge in [0.1, 0.15) is 6.54 Å². The predicted molar refractivity (Wildman–Crippen MR) is 98.0 cm³/mol. The van der Waals surface area contributed by atoms with E-state index in [0.717, 1.165) is 19.4 Å². The number of hydrogen-bond donors (Lipinski definition) is 3. The van der Waals surface area contributed by atoms with Crippen LogP contribution in [-0.4, -0.2) is 48.4 Å². The van der Waals surface area contributed by atoms with Gasteiger partial charge in [-0.2, -0.15) is 0 Å². The largest absolute Gasteiger partial charge is 0.437 e. The smallest absolute Gasteiger partial charge is 0.373 e. The molecule has 1 heterocycles. The van der Waals surface area contributed by atoms with Gasteiger partial charge in [-0.1, -0.05) is 32.4 Å². The Morgan fingerprint density at radius 2 is 1.96 bits per heavy atom. The van der Waals surface area contributed by atoms with E-state index in [9.17, 15) is 9.59 Å². The van der Waals surface area contributed by atoms with Crippen LogP contribution in [0.3, 0.4) is 0 Å². The van der Waals surface area contributed by atoms with E-state index in [-0.39, 0.29) is 25.4 Å². The van der Waals surface area contributed by atoms with Gasteiger partial charge in [-0.05, 0) is 38.3 Å². The summed E-state index contributed by atoms with van der Waals surface area (Å²) >= 11 is 0. The number of fused-ring (bicyclic) bond motifs is 1. The lowest BCUT2D eigenvalue weighted by Crippen LogP contribution is -2.35. The second kappa shape index (κ2) is 10.8. The number of nitrogens with one attached hydrogen (secondary N) is 2. The van der Waals surface area contributed by atoms with Gasteiger partial charge < -0.3 is 20.5 Å². The van der Waals surface area contributed by atoms with Crippen LogP contribution < -0.4 is 10.5 Å². The average molecular weight is 333 g/mol. The second-order valence-corrected chi connectivity index (χ2v) is 5.80. The molecule has 6 nitrogen and oxygen atoms in total. The van der Waals surface area contributed by atoms with Crippen LogP contribution in [0.15, 0.2) is 24.3 Å². The van der Waals surface area contributed by atoms with Crippen molar-refractivity contribution >= 4 is 24.6 Å². The number of anilines is 1. The van der Waals surface area contributed by atoms with Gasteiger partial charge in [-0.25, -0.2) is 0 Å². The molecule has 3 N–H and O–H groups in total. The van der Waals surface area contributed by atoms with Gasteiger partial charge in [0.2, 0.25) is 5.91 Å². The molecule has 2 rings (SSSR count). The number of amides is 2. The van der Waals surface area contributed by atoms with Crippen molar-refractivity contribution in [2.45, 2.75) is 39.9 Å². The molecule has 0 atom stereocenters. The van der Waals surface area contributed by atoms with E-state index >= 15 is 0 Å². The summed E-state index contributed by atoms with van der Waals surface area (Å²) in [4.78, 5) is 25.3. The summed E-state index contributed by atoms with van der Waals surface area (Å²) in [5, 5.41) is 14.3. The molecule has 132 valence electrons. The Morgan fingerprint density at radius 1 is 1.25 bits per heavy atom. The van der Waals surface area contributed by atoms with Crippen LogP contribution in [0, 0.1) is 0 Å². The highest BCUT2D eigenvalue weighted by Gasteiger charge is 2.24. The summed E-state index contributed by atoms with van der Waals surface area (Å²) in [7, 11) is -0.346. The first-order valence-electron chi connectivity index (χ1n) is 8.59. The fourth-order valence-corrected chi connectivity index (χ4v) is 2.32. The number of para-hydroxylation sites is 1. The minimum Gasteiger partial charge on any atom is -0.437 e. The van der Waals surface area contributed by atoms with Gasteiger partial charge >= 0.3 is 7.05 Å². The van der Waals surface area contributed by atoms with Crippen LogP contribution in [0.25, 0.3) is 0 Å². The zero-order valence-electron chi connectivity index (χ0n) is 14.8. The van der Waals surface area contributed by atoms with Crippen molar-refractivity contribution in [3.63, 3.8) is 0 Å². The van der Waals surface area contributed by atoms with Gasteiger partial charge in [0.25, 0.3) is 5.91 Å². The van der Waals surface area contributed by atoms with Crippen LogP contribution in [0.2, 0.25) is 6.82 Å². The van der Waals surface area contributed by atoms with Crippen LogP contribution in [0.1, 0.15) is 43.5 Å². The predicted octanol–water partition coefficient (Wildman–Crippen LogP) is 1.98. The zero-order valence-corrected chi connectivity index (χ0v) is 14.8. The monoisotopic (exact) mass is 333 g/mol. The summed E-state index contributed by atoms with van der Waals surface area (Å²) < 4.78 is 0. The van der Waals surface area contributed by atoms with E-state index < -0.39 is 0 Å². The molecule has 1 aliphatic rings. The number of benzene rings is 1. The quantitative estimate of drug-likeness (QED) is 0.549. The van der Waals surface area contributed by atoms with E-state index in [4.69, 9.17) is 5.02 Å². The van der Waals surface area contributed by atoms with Crippen molar-refractivity contribution in [3.05, 3.63) is 29.8 Å². The molecule has 0 radical (unpaired) electrons. The Balaban J connectivity index is 0.000000307. The lowest BCUT2D eigenvalue weighted by Gasteiger charge is -2.18. The van der Waals surface area contributed by atoms with E-state index in [1.807, 2.05) is 13.0 Å². The summed E-state index contributed by atoms with van der Waals surface area (Å²) in [5.74, 6) is -0.206. The molecule has 0 aliphatic carbocycles. The van der Waals surface area contributed by atoms with Gasteiger partial charge in [0.15, 0.2) is 0 Å². The Morgan fingerprint density at radius 3 is 2.58 bits per heavy atom. The maximum Gasteiger partial charge on any atom is 0.373 e. The molecule has 0 bridgehead atoms. The Kier molecular flexibility index (Phi) is 9.11. The normalized spacial score (nSPS) is 13.4. The number of unbranched alkanes of at least 4 members (excludes halogenated alkanes) is 1. The molecular weight excluding hydrogens is 305 g/mol. The first-order chi connectivity index (χ1) is 11.5. The molecule has 0 fully saturated rings. The fraction of sp³-hybridized carbons (Fsp3) is 0.529. The second-order valence-electron chi connectivity index (χ2n) is 5.80. The van der Waals surface area contributed by atoms with Gasteiger partial charge in [-0.15, -0.1) is 0 Å². The highest BCUT2D eigenvalue weighted by molar-refractivity contribution is 6.45. The molecule has 0 spiro atoms. The van der Waals surface area contributed by atoms with E-state index in [1.165, 1.54) is 6.42 Å². The summed E-state index contributed by atoms with van der Waals surface area (Å²) in [6, 6.07) is 7.10. The maximum atomic E-state index is 12.1. The van der Waals surface area contributed by atoms with Crippen molar-refractivity contribution in [2.75, 3.05) is 25.0 Å². The maximum absolute atomic E-state index is 12.1. The molecule has 0 saturated carbocycles. The van der Waals surface area contributed by atoms with Crippen LogP contribution >= 0.6 is 0 Å². The molecule has 0 unspecified atom stereocenters. The molecule has 1 aromatic rings. The first-order valence-corrected chi connectivity index (χ1v) is 8.59. The molecule has 1 aromatic carbocycles. The molecule has 0 saturated heterocycles. The average Bonchev–Trinajstić information content (AvgIpc) is 2.66. The highest BCUT2D eigenvalue weighted by atomic mass is 16.2. The third kappa shape index (κ3) is 6.72. The summed E-state index contributed by atoms with van der Waals surface area (Å²) in [6.07, 6.45) is 3.17. The van der Waals surface area contributed by atoms with Crippen molar-refractivity contribution in [3.8, 4) is 0 Å². The van der Waals surface area contributed by atoms with Crippen LogP contribution in [0.5, 0.6) is 0 Å². The Labute approximate surface area is 144 Å². The van der Waals surface area contributed by atoms with Gasteiger partial charge in [0.05, 0.1) is 11.3 Å². The van der Waals surface area contributed by atoms with Crippen LogP contribution in [-0.2, 0) is 4.79 Å². The molecule has 0 aromatic heterocycles. The molecule has 7 heteroatoms. The number of nitrogens with zero attached hydrogens (tertiary/aromatic N) is 1. The SMILES string of the molecule is CCCCNB(C)O.CCCN1CC(=O)Nc2ccccc2C1=O. The van der Waals surface area contributed by atoms with Crippen molar-refractivity contribution < 1.29 is 14.6 Å². The minimum atomic E-state index is -0.346. The zero-order chi connectivity index (χ0) is 17.9. The standard InChI is InChI=1S/C12H14N2O2.C5H14BNO/c1-2-7-14-8-11(15)13-10-6-4-3-5-9(10)12(14)16;1-3-4-5-7-6(2)8/h3-6H,2,7-8H2,1H3,(H,13,15);7-8H,3-5H2,1-2H3. The van der Waals surface area contributed by atoms with Gasteiger partial charge in [-0.3, -0.25) is 9.59 Å². The van der Waals surface area contributed by atoms with Crippen molar-refractivity contribution in [1.82, 2.24) is 10.1 Å². The Bertz CT molecular complexity index is 538. The molecular formula is C17H28BN3O3. The van der Waals surface area contributed by atoms with Crippen LogP contribution in [0.4, 0.5) is 5.69 Å². The molecule has 2 amide bonds. The molecule has 24 heavy (non-hydrogen) atoms. The lowest BCUT2D eigenvalue weighted by molar-refractivity contribution is -0.116. The number of hydrogen-bond acceptors (Lipinski definition) is 4. The Hall–Kier alpha value is -1.86. The van der Waals surface area contributed by atoms with E-state index in [1.54, 1.807) is 29.9 Å². The number of carbonyl (C=O) groups is 2. The third-order valence-electron chi connectivity index (χ3n) is 3.52. The van der Waals surface area contributed by atoms with E-state index in [0.29, 0.717) is 17.8 Å². The summed E-state index contributed by atoms with van der Waals surface area (Å²) in [5.41, 5.74) is 1.18. The van der Waals surface area contributed by atoms with Gasteiger partial charge in [0, 0.05) is 6.54 Å². The van der Waals surface area contributed by atoms with Crippen molar-refractivity contribution in [1.29, 1.82) is 0 Å². The topological polar surface area (TPSA) is 81.7 Å². The third-order valence-corrected chi connectivity index (χ3v) is 3.52. The highest BCUT2D eigenvalue weighted by Crippen LogP contribution is 2.20. The minimum absolute atomic E-state index is 0.0733. The molecule has 1 aliphatic heterocycles. The summed E-state index contributed by atoms with van der Waals surface area (Å²) in [6.45, 7) is 7.53. The fourth-order valence-electron chi connectivity index (χ4n) is 2.32. The first kappa shape index (κ1) is 20.2. The van der Waals surface area contributed by atoms with E-state index in [2.05, 4.69) is 17.5 Å². The van der Waals surface area contributed by atoms with Crippen molar-refractivity contribution in [2.24, 2.45) is 0 Å². The number of rotatable bonds is 6.